The van der Waals surface area contributed by atoms with Gasteiger partial charge in [-0.2, -0.15) is 0 Å². The Bertz CT molecular complexity index is 484. The fraction of sp³-hybridized carbons (Fsp3) is 0.429. The average Bonchev–Trinajstić information content (AvgIpc) is 2.61. The fourth-order valence-electron chi connectivity index (χ4n) is 2.21. The summed E-state index contributed by atoms with van der Waals surface area (Å²) in [5.74, 6) is 0.695. The average molecular weight is 217 g/mol. The van der Waals surface area contributed by atoms with E-state index in [-0.39, 0.29) is 12.5 Å². The Balaban J connectivity index is 2.48. The molecule has 0 aliphatic carbocycles. The Morgan fingerprint density at radius 2 is 2.06 bits per heavy atom. The number of aryl methyl sites for hydroxylation is 1. The van der Waals surface area contributed by atoms with Crippen molar-refractivity contribution in [3.05, 3.63) is 35.5 Å². The van der Waals surface area contributed by atoms with Crippen LogP contribution in [0.1, 0.15) is 30.9 Å². The zero-order valence-electron chi connectivity index (χ0n) is 10.1. The summed E-state index contributed by atoms with van der Waals surface area (Å²) in [4.78, 5) is 3.24. The van der Waals surface area contributed by atoms with Gasteiger partial charge in [0, 0.05) is 23.0 Å². The number of hydrogen-bond acceptors (Lipinski definition) is 1. The van der Waals surface area contributed by atoms with Gasteiger partial charge in [-0.25, -0.2) is 0 Å². The maximum atomic E-state index is 9.43. The van der Waals surface area contributed by atoms with E-state index in [1.165, 1.54) is 22.0 Å². The molecule has 2 heteroatoms. The maximum Gasteiger partial charge on any atom is 0.0502 e. The molecule has 1 heterocycles. The van der Waals surface area contributed by atoms with Crippen LogP contribution in [-0.4, -0.2) is 16.7 Å². The summed E-state index contributed by atoms with van der Waals surface area (Å²) in [7, 11) is 0. The van der Waals surface area contributed by atoms with Crippen molar-refractivity contribution >= 4 is 10.9 Å². The highest BCUT2D eigenvalue weighted by Gasteiger charge is 2.15. The molecule has 16 heavy (non-hydrogen) atoms. The Kier molecular flexibility index (Phi) is 3.01. The molecule has 0 saturated carbocycles. The SMILES string of the molecule is Cc1c[nH]c2ccc(C(CO)C(C)C)cc12. The van der Waals surface area contributed by atoms with E-state index < -0.39 is 0 Å². The van der Waals surface area contributed by atoms with E-state index in [2.05, 4.69) is 44.0 Å². The number of hydrogen-bond donors (Lipinski definition) is 2. The van der Waals surface area contributed by atoms with Crippen LogP contribution < -0.4 is 0 Å². The number of nitrogens with one attached hydrogen (secondary N) is 1. The molecule has 0 saturated heterocycles. The zero-order valence-corrected chi connectivity index (χ0v) is 10.1. The third kappa shape index (κ3) is 1.85. The van der Waals surface area contributed by atoms with Gasteiger partial charge in [-0.05, 0) is 36.1 Å². The quantitative estimate of drug-likeness (QED) is 0.813. The minimum atomic E-state index is 0.215. The van der Waals surface area contributed by atoms with E-state index in [1.54, 1.807) is 0 Å². The van der Waals surface area contributed by atoms with Crippen molar-refractivity contribution in [3.8, 4) is 0 Å². The standard InChI is InChI=1S/C14H19NO/c1-9(2)13(8-16)11-4-5-14-12(6-11)10(3)7-15-14/h4-7,9,13,15-16H,8H2,1-3H3. The largest absolute Gasteiger partial charge is 0.396 e. The molecule has 0 aliphatic rings. The van der Waals surface area contributed by atoms with Crippen LogP contribution in [0.3, 0.4) is 0 Å². The number of aromatic amines is 1. The summed E-state index contributed by atoms with van der Waals surface area (Å²) < 4.78 is 0. The normalized spacial score (nSPS) is 13.6. The molecule has 1 aromatic carbocycles. The van der Waals surface area contributed by atoms with Gasteiger partial charge in [-0.3, -0.25) is 0 Å². The predicted octanol–water partition coefficient (Wildman–Crippen LogP) is 3.21. The summed E-state index contributed by atoms with van der Waals surface area (Å²) in [5.41, 5.74) is 3.66. The topological polar surface area (TPSA) is 36.0 Å². The van der Waals surface area contributed by atoms with Crippen molar-refractivity contribution in [3.63, 3.8) is 0 Å². The molecule has 2 rings (SSSR count). The highest BCUT2D eigenvalue weighted by molar-refractivity contribution is 5.83. The molecule has 2 nitrogen and oxygen atoms in total. The first kappa shape index (κ1) is 11.2. The monoisotopic (exact) mass is 217 g/mol. The van der Waals surface area contributed by atoms with Crippen LogP contribution in [-0.2, 0) is 0 Å². The molecule has 2 aromatic rings. The van der Waals surface area contributed by atoms with Gasteiger partial charge in [0.15, 0.2) is 0 Å². The van der Waals surface area contributed by atoms with Crippen LogP contribution in [0.5, 0.6) is 0 Å². The Hall–Kier alpha value is -1.28. The van der Waals surface area contributed by atoms with Gasteiger partial charge in [-0.15, -0.1) is 0 Å². The molecule has 1 unspecified atom stereocenters. The second kappa shape index (κ2) is 4.30. The van der Waals surface area contributed by atoms with Gasteiger partial charge < -0.3 is 10.1 Å². The minimum Gasteiger partial charge on any atom is -0.396 e. The molecule has 0 fully saturated rings. The fourth-order valence-corrected chi connectivity index (χ4v) is 2.21. The van der Waals surface area contributed by atoms with Gasteiger partial charge in [0.25, 0.3) is 0 Å². The molecule has 1 aromatic heterocycles. The van der Waals surface area contributed by atoms with Crippen molar-refractivity contribution < 1.29 is 5.11 Å². The van der Waals surface area contributed by atoms with Gasteiger partial charge in [0.05, 0.1) is 6.61 Å². The lowest BCUT2D eigenvalue weighted by molar-refractivity contribution is 0.237. The summed E-state index contributed by atoms with van der Waals surface area (Å²) in [5, 5.41) is 10.7. The van der Waals surface area contributed by atoms with Crippen LogP contribution in [0.15, 0.2) is 24.4 Å². The number of aliphatic hydroxyl groups excluding tert-OH is 1. The van der Waals surface area contributed by atoms with Crippen molar-refractivity contribution in [2.45, 2.75) is 26.7 Å². The van der Waals surface area contributed by atoms with Crippen molar-refractivity contribution in [1.82, 2.24) is 4.98 Å². The number of benzene rings is 1. The van der Waals surface area contributed by atoms with Crippen molar-refractivity contribution in [2.24, 2.45) is 5.92 Å². The van der Waals surface area contributed by atoms with E-state index in [4.69, 9.17) is 0 Å². The Morgan fingerprint density at radius 3 is 2.69 bits per heavy atom. The first-order valence-electron chi connectivity index (χ1n) is 5.82. The van der Waals surface area contributed by atoms with Gasteiger partial charge in [-0.1, -0.05) is 19.9 Å². The zero-order chi connectivity index (χ0) is 11.7. The van der Waals surface area contributed by atoms with Gasteiger partial charge in [0.1, 0.15) is 0 Å². The van der Waals surface area contributed by atoms with E-state index >= 15 is 0 Å². The van der Waals surface area contributed by atoms with Gasteiger partial charge >= 0.3 is 0 Å². The molecule has 1 atom stereocenters. The first-order chi connectivity index (χ1) is 7.63. The molecular formula is C14H19NO. The second-order valence-electron chi connectivity index (χ2n) is 4.81. The van der Waals surface area contributed by atoms with E-state index in [9.17, 15) is 5.11 Å². The van der Waals surface area contributed by atoms with Gasteiger partial charge in [0.2, 0.25) is 0 Å². The van der Waals surface area contributed by atoms with Crippen LogP contribution in [0.4, 0.5) is 0 Å². The lowest BCUT2D eigenvalue weighted by Gasteiger charge is -2.18. The first-order valence-corrected chi connectivity index (χ1v) is 5.82. The Labute approximate surface area is 96.3 Å². The molecule has 0 spiro atoms. The smallest absolute Gasteiger partial charge is 0.0502 e. The second-order valence-corrected chi connectivity index (χ2v) is 4.81. The van der Waals surface area contributed by atoms with Crippen LogP contribution in [0, 0.1) is 12.8 Å². The molecule has 0 amide bonds. The summed E-state index contributed by atoms with van der Waals surface area (Å²) >= 11 is 0. The number of aromatic nitrogens is 1. The molecule has 86 valence electrons. The molecule has 0 bridgehead atoms. The minimum absolute atomic E-state index is 0.215. The predicted molar refractivity (Wildman–Crippen MR) is 67.7 cm³/mol. The number of fused-ring (bicyclic) bond motifs is 1. The third-order valence-electron chi connectivity index (χ3n) is 3.34. The number of H-pyrrole nitrogens is 1. The van der Waals surface area contributed by atoms with E-state index in [1.807, 2.05) is 6.20 Å². The highest BCUT2D eigenvalue weighted by Crippen LogP contribution is 2.27. The van der Waals surface area contributed by atoms with E-state index in [0.29, 0.717) is 5.92 Å². The van der Waals surface area contributed by atoms with Crippen molar-refractivity contribution in [1.29, 1.82) is 0 Å². The lowest BCUT2D eigenvalue weighted by Crippen LogP contribution is -2.10. The number of aliphatic hydroxyl groups is 1. The molecular weight excluding hydrogens is 198 g/mol. The lowest BCUT2D eigenvalue weighted by atomic mass is 9.88. The highest BCUT2D eigenvalue weighted by atomic mass is 16.3. The van der Waals surface area contributed by atoms with Crippen LogP contribution >= 0.6 is 0 Å². The molecule has 2 N–H and O–H groups in total. The third-order valence-corrected chi connectivity index (χ3v) is 3.34. The summed E-state index contributed by atoms with van der Waals surface area (Å²) in [6, 6.07) is 6.41. The summed E-state index contributed by atoms with van der Waals surface area (Å²) in [6.45, 7) is 6.61. The number of rotatable bonds is 3. The van der Waals surface area contributed by atoms with E-state index in [0.717, 1.165) is 0 Å². The van der Waals surface area contributed by atoms with Crippen LogP contribution in [0.25, 0.3) is 10.9 Å². The van der Waals surface area contributed by atoms with Crippen molar-refractivity contribution in [2.75, 3.05) is 6.61 Å². The maximum absolute atomic E-state index is 9.43. The molecule has 0 aliphatic heterocycles. The molecule has 0 radical (unpaired) electrons. The summed E-state index contributed by atoms with van der Waals surface area (Å²) in [6.07, 6.45) is 2.03. The van der Waals surface area contributed by atoms with Crippen LogP contribution in [0.2, 0.25) is 0 Å². The Morgan fingerprint density at radius 1 is 1.31 bits per heavy atom.